The minimum Gasteiger partial charge on any atom is -0.354 e. The second-order valence-electron chi connectivity index (χ2n) is 8.58. The van der Waals surface area contributed by atoms with Gasteiger partial charge < -0.3 is 10.2 Å². The van der Waals surface area contributed by atoms with E-state index in [0.717, 1.165) is 14.1 Å². The maximum Gasteiger partial charge on any atom is 0.244 e. The Morgan fingerprint density at radius 3 is 2.20 bits per heavy atom. The van der Waals surface area contributed by atoms with Crippen LogP contribution in [0, 0.1) is 9.49 Å². The number of carbonyl (C=O) groups excluding carboxylic acids is 2. The van der Waals surface area contributed by atoms with Crippen molar-refractivity contribution in [3.8, 4) is 0 Å². The van der Waals surface area contributed by atoms with E-state index in [0.29, 0.717) is 34.3 Å². The maximum absolute atomic E-state index is 13.6. The number of rotatable bonds is 11. The highest BCUT2D eigenvalue weighted by Crippen LogP contribution is 2.25. The maximum atomic E-state index is 13.6. The van der Waals surface area contributed by atoms with Gasteiger partial charge in [-0.05, 0) is 76.9 Å². The summed E-state index contributed by atoms with van der Waals surface area (Å²) in [5.74, 6) is -0.571. The summed E-state index contributed by atoms with van der Waals surface area (Å²) in [6.45, 7) is 5.84. The first-order chi connectivity index (χ1) is 16.3. The normalized spacial score (nSPS) is 12.3. The van der Waals surface area contributed by atoms with Gasteiger partial charge in [-0.2, -0.15) is 0 Å². The number of nitrogens with zero attached hydrogens (tertiary/aromatic N) is 2. The predicted octanol–water partition coefficient (Wildman–Crippen LogP) is 4.94. The molecular formula is C24H30Cl2IN3O4S. The van der Waals surface area contributed by atoms with Gasteiger partial charge in [-0.25, -0.2) is 8.42 Å². The minimum absolute atomic E-state index is 0.0631. The molecule has 0 saturated carbocycles. The average molecular weight is 654 g/mol. The number of nitrogens with one attached hydrogen (secondary N) is 1. The SMILES string of the molecule is CC[C@H](C(=O)NCC(C)C)N(Cc1ccc(Cl)c(Cl)c1)C(=O)CN(c1ccc(I)cc1)S(C)(=O)=O. The zero-order valence-corrected chi connectivity index (χ0v) is 24.6. The number of sulfonamides is 1. The summed E-state index contributed by atoms with van der Waals surface area (Å²) in [6.07, 6.45) is 1.40. The third-order valence-electron chi connectivity index (χ3n) is 5.20. The Balaban J connectivity index is 2.43. The zero-order valence-electron chi connectivity index (χ0n) is 20.1. The number of hydrogen-bond donors (Lipinski definition) is 1. The molecule has 0 aliphatic rings. The Morgan fingerprint density at radius 2 is 1.69 bits per heavy atom. The number of halogens is 3. The van der Waals surface area contributed by atoms with E-state index < -0.39 is 28.5 Å². The number of benzene rings is 2. The Labute approximate surface area is 231 Å². The second kappa shape index (κ2) is 13.1. The molecule has 2 aromatic rings. The first-order valence-corrected chi connectivity index (χ1v) is 14.8. The monoisotopic (exact) mass is 653 g/mol. The topological polar surface area (TPSA) is 86.8 Å². The highest BCUT2D eigenvalue weighted by molar-refractivity contribution is 14.1. The quantitative estimate of drug-likeness (QED) is 0.348. The fourth-order valence-electron chi connectivity index (χ4n) is 3.40. The molecule has 2 rings (SSSR count). The van der Waals surface area contributed by atoms with Crippen LogP contribution in [0.5, 0.6) is 0 Å². The van der Waals surface area contributed by atoms with E-state index in [1.54, 1.807) is 42.5 Å². The third kappa shape index (κ3) is 8.80. The van der Waals surface area contributed by atoms with Crippen LogP contribution in [-0.4, -0.2) is 50.5 Å². The van der Waals surface area contributed by atoms with Crippen LogP contribution in [0.3, 0.4) is 0 Å². The standard InChI is InChI=1S/C24H30Cl2IN3O4S/c1-5-22(24(32)28-13-16(2)3)29(14-17-6-11-20(25)21(26)12-17)23(31)15-30(35(4,33)34)19-9-7-18(27)8-10-19/h6-12,16,22H,5,13-15H2,1-4H3,(H,28,32)/t22-/m1/s1. The van der Waals surface area contributed by atoms with Gasteiger partial charge in [0.25, 0.3) is 0 Å². The molecule has 1 atom stereocenters. The van der Waals surface area contributed by atoms with Crippen molar-refractivity contribution < 1.29 is 18.0 Å². The number of hydrogen-bond acceptors (Lipinski definition) is 4. The van der Waals surface area contributed by atoms with Crippen molar-refractivity contribution >= 4 is 73.3 Å². The van der Waals surface area contributed by atoms with Crippen LogP contribution in [0.2, 0.25) is 10.0 Å². The molecule has 11 heteroatoms. The molecule has 2 aromatic carbocycles. The summed E-state index contributed by atoms with van der Waals surface area (Å²) in [6, 6.07) is 11.0. The lowest BCUT2D eigenvalue weighted by Crippen LogP contribution is -2.52. The molecule has 35 heavy (non-hydrogen) atoms. The van der Waals surface area contributed by atoms with Crippen molar-refractivity contribution in [3.05, 3.63) is 61.6 Å². The third-order valence-corrected chi connectivity index (χ3v) is 7.80. The Kier molecular flexibility index (Phi) is 11.1. The van der Waals surface area contributed by atoms with Crippen molar-refractivity contribution in [2.45, 2.75) is 39.8 Å². The molecule has 0 saturated heterocycles. The number of anilines is 1. The lowest BCUT2D eigenvalue weighted by atomic mass is 10.1. The van der Waals surface area contributed by atoms with Crippen LogP contribution in [0.1, 0.15) is 32.8 Å². The van der Waals surface area contributed by atoms with Crippen LogP contribution in [-0.2, 0) is 26.2 Å². The molecule has 0 radical (unpaired) electrons. The van der Waals surface area contributed by atoms with Crippen LogP contribution in [0.25, 0.3) is 0 Å². The molecule has 0 heterocycles. The molecule has 0 unspecified atom stereocenters. The largest absolute Gasteiger partial charge is 0.354 e. The fourth-order valence-corrected chi connectivity index (χ4v) is 4.93. The van der Waals surface area contributed by atoms with Crippen molar-refractivity contribution in [2.75, 3.05) is 23.7 Å². The first kappa shape index (κ1) is 29.7. The molecule has 0 aliphatic carbocycles. The van der Waals surface area contributed by atoms with E-state index in [4.69, 9.17) is 23.2 Å². The van der Waals surface area contributed by atoms with E-state index in [1.807, 2.05) is 20.8 Å². The van der Waals surface area contributed by atoms with Crippen LogP contribution in [0.4, 0.5) is 5.69 Å². The summed E-state index contributed by atoms with van der Waals surface area (Å²) in [5, 5.41) is 3.58. The molecule has 2 amide bonds. The summed E-state index contributed by atoms with van der Waals surface area (Å²) in [7, 11) is -3.77. The van der Waals surface area contributed by atoms with Gasteiger partial charge in [0.05, 0.1) is 22.0 Å². The zero-order chi connectivity index (χ0) is 26.3. The van der Waals surface area contributed by atoms with Crippen LogP contribution in [0.15, 0.2) is 42.5 Å². The van der Waals surface area contributed by atoms with Crippen LogP contribution < -0.4 is 9.62 Å². The predicted molar refractivity (Wildman–Crippen MR) is 150 cm³/mol. The van der Waals surface area contributed by atoms with Gasteiger partial charge in [-0.15, -0.1) is 0 Å². The van der Waals surface area contributed by atoms with E-state index in [2.05, 4.69) is 27.9 Å². The van der Waals surface area contributed by atoms with Gasteiger partial charge in [0.15, 0.2) is 0 Å². The van der Waals surface area contributed by atoms with Gasteiger partial charge in [0.2, 0.25) is 21.8 Å². The van der Waals surface area contributed by atoms with Crippen molar-refractivity contribution in [1.29, 1.82) is 0 Å². The molecule has 0 aromatic heterocycles. The summed E-state index contributed by atoms with van der Waals surface area (Å²) >= 11 is 14.3. The summed E-state index contributed by atoms with van der Waals surface area (Å²) < 4.78 is 27.2. The van der Waals surface area contributed by atoms with E-state index in [-0.39, 0.29) is 18.4 Å². The summed E-state index contributed by atoms with van der Waals surface area (Å²) in [5.41, 5.74) is 1.04. The molecule has 192 valence electrons. The van der Waals surface area contributed by atoms with E-state index in [1.165, 1.54) is 4.90 Å². The van der Waals surface area contributed by atoms with Crippen molar-refractivity contribution in [3.63, 3.8) is 0 Å². The van der Waals surface area contributed by atoms with Crippen molar-refractivity contribution in [2.24, 2.45) is 5.92 Å². The molecule has 0 aliphatic heterocycles. The Bertz CT molecular complexity index is 1140. The van der Waals surface area contributed by atoms with Gasteiger partial charge in [0, 0.05) is 16.7 Å². The van der Waals surface area contributed by atoms with E-state index >= 15 is 0 Å². The first-order valence-electron chi connectivity index (χ1n) is 11.1. The molecular weight excluding hydrogens is 624 g/mol. The Morgan fingerprint density at radius 1 is 1.06 bits per heavy atom. The van der Waals surface area contributed by atoms with Gasteiger partial charge in [-0.1, -0.05) is 50.0 Å². The molecule has 0 bridgehead atoms. The van der Waals surface area contributed by atoms with E-state index in [9.17, 15) is 18.0 Å². The lowest BCUT2D eigenvalue weighted by molar-refractivity contribution is -0.140. The van der Waals surface area contributed by atoms with Gasteiger partial charge in [-0.3, -0.25) is 13.9 Å². The van der Waals surface area contributed by atoms with Crippen LogP contribution >= 0.6 is 45.8 Å². The molecule has 0 fully saturated rings. The molecule has 1 N–H and O–H groups in total. The lowest BCUT2D eigenvalue weighted by Gasteiger charge is -2.33. The smallest absolute Gasteiger partial charge is 0.244 e. The Hall–Kier alpha value is -1.56. The molecule has 0 spiro atoms. The van der Waals surface area contributed by atoms with Gasteiger partial charge >= 0.3 is 0 Å². The van der Waals surface area contributed by atoms with Gasteiger partial charge in [0.1, 0.15) is 12.6 Å². The highest BCUT2D eigenvalue weighted by atomic mass is 127. The number of carbonyl (C=O) groups is 2. The number of amides is 2. The molecule has 7 nitrogen and oxygen atoms in total. The highest BCUT2D eigenvalue weighted by Gasteiger charge is 2.31. The second-order valence-corrected chi connectivity index (χ2v) is 12.5. The summed E-state index contributed by atoms with van der Waals surface area (Å²) in [4.78, 5) is 28.1. The average Bonchev–Trinajstić information content (AvgIpc) is 2.78. The minimum atomic E-state index is -3.77. The van der Waals surface area contributed by atoms with Crippen molar-refractivity contribution in [1.82, 2.24) is 10.2 Å². The fraction of sp³-hybridized carbons (Fsp3) is 0.417.